The predicted octanol–water partition coefficient (Wildman–Crippen LogP) is 3.45. The van der Waals surface area contributed by atoms with Crippen molar-refractivity contribution in [2.45, 2.75) is 51.0 Å². The van der Waals surface area contributed by atoms with Gasteiger partial charge in [0.1, 0.15) is 11.6 Å². The second-order valence-electron chi connectivity index (χ2n) is 6.45. The van der Waals surface area contributed by atoms with Crippen LogP contribution in [-0.2, 0) is 16.4 Å². The van der Waals surface area contributed by atoms with Gasteiger partial charge in [-0.2, -0.15) is 0 Å². The zero-order valence-electron chi connectivity index (χ0n) is 12.4. The fraction of sp³-hybridized carbons (Fsp3) is 0.625. The van der Waals surface area contributed by atoms with Crippen LogP contribution < -0.4 is 4.72 Å². The van der Waals surface area contributed by atoms with Gasteiger partial charge >= 0.3 is 0 Å². The first-order chi connectivity index (χ1) is 10.4. The minimum Gasteiger partial charge on any atom is -0.212 e. The van der Waals surface area contributed by atoms with Gasteiger partial charge < -0.3 is 0 Å². The van der Waals surface area contributed by atoms with Gasteiger partial charge in [-0.1, -0.05) is 12.8 Å². The van der Waals surface area contributed by atoms with Crippen LogP contribution in [0.2, 0.25) is 0 Å². The summed E-state index contributed by atoms with van der Waals surface area (Å²) in [5.74, 6) is -0.894. The summed E-state index contributed by atoms with van der Waals surface area (Å²) in [7, 11) is -3.43. The molecule has 0 aliphatic heterocycles. The van der Waals surface area contributed by atoms with Crippen LogP contribution in [0.25, 0.3) is 0 Å². The van der Waals surface area contributed by atoms with E-state index in [4.69, 9.17) is 0 Å². The molecular weight excluding hydrogens is 308 g/mol. The molecule has 0 heterocycles. The lowest BCUT2D eigenvalue weighted by atomic mass is 9.88. The van der Waals surface area contributed by atoms with Crippen molar-refractivity contribution < 1.29 is 17.2 Å². The molecule has 1 N–H and O–H groups in total. The van der Waals surface area contributed by atoms with E-state index in [1.54, 1.807) is 0 Å². The molecule has 1 saturated carbocycles. The maximum Gasteiger partial charge on any atom is 0.212 e. The quantitative estimate of drug-likeness (QED) is 0.919. The molecule has 0 radical (unpaired) electrons. The van der Waals surface area contributed by atoms with E-state index < -0.39 is 27.7 Å². The summed E-state index contributed by atoms with van der Waals surface area (Å²) < 4.78 is 54.7. The first kappa shape index (κ1) is 15.9. The smallest absolute Gasteiger partial charge is 0.212 e. The van der Waals surface area contributed by atoms with Gasteiger partial charge in [0.2, 0.25) is 10.0 Å². The molecule has 2 aliphatic carbocycles. The summed E-state index contributed by atoms with van der Waals surface area (Å²) in [5, 5.41) is 0. The number of hydrogen-bond donors (Lipinski definition) is 1. The molecule has 1 aromatic carbocycles. The zero-order valence-corrected chi connectivity index (χ0v) is 13.3. The highest BCUT2D eigenvalue weighted by Crippen LogP contribution is 2.33. The summed E-state index contributed by atoms with van der Waals surface area (Å²) in [6.07, 6.45) is 5.89. The van der Waals surface area contributed by atoms with Crippen molar-refractivity contribution in [3.63, 3.8) is 0 Å². The Kier molecular flexibility index (Phi) is 4.50. The molecule has 1 atom stereocenters. The summed E-state index contributed by atoms with van der Waals surface area (Å²) in [6, 6.07) is 1.62. The van der Waals surface area contributed by atoms with E-state index in [9.17, 15) is 17.2 Å². The normalized spacial score (nSPS) is 22.7. The Bertz CT molecular complexity index is 654. The number of sulfonamides is 1. The highest BCUT2D eigenvalue weighted by molar-refractivity contribution is 7.89. The Labute approximate surface area is 130 Å². The molecule has 0 aromatic heterocycles. The van der Waals surface area contributed by atoms with Crippen molar-refractivity contribution in [3.05, 3.63) is 34.9 Å². The van der Waals surface area contributed by atoms with E-state index in [-0.39, 0.29) is 11.7 Å². The van der Waals surface area contributed by atoms with Crippen LogP contribution in [0.5, 0.6) is 0 Å². The number of halogens is 2. The topological polar surface area (TPSA) is 46.2 Å². The molecule has 0 saturated heterocycles. The maximum atomic E-state index is 13.8. The lowest BCUT2D eigenvalue weighted by Crippen LogP contribution is -2.34. The molecule has 0 bridgehead atoms. The third-order valence-corrected chi connectivity index (χ3v) is 6.30. The zero-order chi connectivity index (χ0) is 15.7. The Morgan fingerprint density at radius 2 is 1.82 bits per heavy atom. The Morgan fingerprint density at radius 1 is 1.09 bits per heavy atom. The first-order valence-corrected chi connectivity index (χ1v) is 9.57. The van der Waals surface area contributed by atoms with Gasteiger partial charge in [0.05, 0.1) is 5.75 Å². The largest absolute Gasteiger partial charge is 0.212 e. The van der Waals surface area contributed by atoms with E-state index in [2.05, 4.69) is 4.72 Å². The molecule has 0 spiro atoms. The van der Waals surface area contributed by atoms with Crippen molar-refractivity contribution in [1.29, 1.82) is 0 Å². The molecule has 6 heteroatoms. The molecule has 3 rings (SSSR count). The molecule has 122 valence electrons. The maximum absolute atomic E-state index is 13.8. The van der Waals surface area contributed by atoms with Crippen LogP contribution in [0, 0.1) is 17.6 Å². The molecule has 1 fully saturated rings. The van der Waals surface area contributed by atoms with Crippen LogP contribution in [-0.4, -0.2) is 14.2 Å². The summed E-state index contributed by atoms with van der Waals surface area (Å²) in [6.45, 7) is 0. The molecular formula is C16H21F2NO2S. The van der Waals surface area contributed by atoms with Crippen LogP contribution in [0.4, 0.5) is 8.78 Å². The average molecular weight is 329 g/mol. The van der Waals surface area contributed by atoms with Crippen molar-refractivity contribution >= 4 is 10.0 Å². The Morgan fingerprint density at radius 3 is 2.55 bits per heavy atom. The minimum atomic E-state index is -3.43. The lowest BCUT2D eigenvalue weighted by Gasteiger charge is -2.27. The molecule has 22 heavy (non-hydrogen) atoms. The average Bonchev–Trinajstić information content (AvgIpc) is 2.91. The van der Waals surface area contributed by atoms with Gasteiger partial charge in [0.15, 0.2) is 0 Å². The molecule has 1 aromatic rings. The number of fused-ring (bicyclic) bond motifs is 1. The van der Waals surface area contributed by atoms with Gasteiger partial charge in [0, 0.05) is 12.1 Å². The van der Waals surface area contributed by atoms with E-state index in [1.165, 1.54) is 6.07 Å². The van der Waals surface area contributed by atoms with Gasteiger partial charge in [-0.25, -0.2) is 21.9 Å². The monoisotopic (exact) mass is 329 g/mol. The molecule has 0 unspecified atom stereocenters. The van der Waals surface area contributed by atoms with Gasteiger partial charge in [-0.15, -0.1) is 0 Å². The van der Waals surface area contributed by atoms with Gasteiger partial charge in [0.25, 0.3) is 0 Å². The van der Waals surface area contributed by atoms with Crippen LogP contribution in [0.1, 0.15) is 55.7 Å². The highest BCUT2D eigenvalue weighted by atomic mass is 32.2. The number of nitrogens with one attached hydrogen (secondary N) is 1. The molecule has 2 aliphatic rings. The fourth-order valence-electron chi connectivity index (χ4n) is 3.71. The summed E-state index contributed by atoms with van der Waals surface area (Å²) in [4.78, 5) is 0. The van der Waals surface area contributed by atoms with Crippen molar-refractivity contribution in [1.82, 2.24) is 4.72 Å². The van der Waals surface area contributed by atoms with Crippen LogP contribution in [0.3, 0.4) is 0 Å². The minimum absolute atomic E-state index is 0.122. The standard InChI is InChI=1S/C16H21F2NO2S/c17-12-8-14-13(15(18)9-12)6-3-7-16(14)19-22(20,21)10-11-4-1-2-5-11/h8-9,11,16,19H,1-7,10H2/t16-/m0/s1. The fourth-order valence-corrected chi connectivity index (χ4v) is 5.44. The number of rotatable bonds is 4. The lowest BCUT2D eigenvalue weighted by molar-refractivity contribution is 0.476. The third-order valence-electron chi connectivity index (χ3n) is 4.74. The van der Waals surface area contributed by atoms with Crippen molar-refractivity contribution in [2.24, 2.45) is 5.92 Å². The van der Waals surface area contributed by atoms with E-state index in [1.807, 2.05) is 0 Å². The molecule has 0 amide bonds. The van der Waals surface area contributed by atoms with Crippen molar-refractivity contribution in [3.8, 4) is 0 Å². The van der Waals surface area contributed by atoms with E-state index in [0.717, 1.165) is 31.7 Å². The molecule has 3 nitrogen and oxygen atoms in total. The Balaban J connectivity index is 1.79. The van der Waals surface area contributed by atoms with Gasteiger partial charge in [-0.05, 0) is 55.2 Å². The Hall–Kier alpha value is -1.01. The van der Waals surface area contributed by atoms with Crippen LogP contribution >= 0.6 is 0 Å². The second-order valence-corrected chi connectivity index (χ2v) is 8.25. The number of hydrogen-bond acceptors (Lipinski definition) is 2. The van der Waals surface area contributed by atoms with E-state index in [0.29, 0.717) is 30.4 Å². The van der Waals surface area contributed by atoms with Crippen LogP contribution in [0.15, 0.2) is 12.1 Å². The number of benzene rings is 1. The second kappa shape index (κ2) is 6.24. The first-order valence-electron chi connectivity index (χ1n) is 7.92. The van der Waals surface area contributed by atoms with Gasteiger partial charge in [-0.3, -0.25) is 0 Å². The van der Waals surface area contributed by atoms with E-state index >= 15 is 0 Å². The SMILES string of the molecule is O=S(=O)(CC1CCCC1)N[C@H]1CCCc2c(F)cc(F)cc21. The predicted molar refractivity (Wildman–Crippen MR) is 80.9 cm³/mol. The third kappa shape index (κ3) is 3.49. The highest BCUT2D eigenvalue weighted by Gasteiger charge is 2.29. The van der Waals surface area contributed by atoms with Crippen molar-refractivity contribution in [2.75, 3.05) is 5.75 Å². The summed E-state index contributed by atoms with van der Waals surface area (Å²) >= 11 is 0. The summed E-state index contributed by atoms with van der Waals surface area (Å²) in [5.41, 5.74) is 0.903.